The Morgan fingerprint density at radius 3 is 2.35 bits per heavy atom. The summed E-state index contributed by atoms with van der Waals surface area (Å²) in [5, 5.41) is 19.5. The quantitative estimate of drug-likeness (QED) is 0.444. The Labute approximate surface area is 196 Å². The molecule has 2 aromatic carbocycles. The maximum absolute atomic E-state index is 12.4. The highest BCUT2D eigenvalue weighted by molar-refractivity contribution is 6.07. The van der Waals surface area contributed by atoms with Crippen LogP contribution < -0.4 is 16.2 Å². The van der Waals surface area contributed by atoms with Crippen LogP contribution in [0.4, 0.5) is 11.5 Å². The van der Waals surface area contributed by atoms with Crippen molar-refractivity contribution in [2.75, 3.05) is 10.6 Å². The second-order valence-electron chi connectivity index (χ2n) is 9.37. The number of nitrogens with one attached hydrogen (secondary N) is 1. The van der Waals surface area contributed by atoms with Gasteiger partial charge in [0, 0.05) is 23.3 Å². The molecule has 2 heterocycles. The Morgan fingerprint density at radius 2 is 1.74 bits per heavy atom. The molecule has 0 saturated heterocycles. The molecule has 34 heavy (non-hydrogen) atoms. The van der Waals surface area contributed by atoms with E-state index < -0.39 is 28.6 Å². The van der Waals surface area contributed by atoms with Gasteiger partial charge in [-0.05, 0) is 55.0 Å². The van der Waals surface area contributed by atoms with Crippen LogP contribution in [0, 0.1) is 0 Å². The number of anilines is 2. The maximum atomic E-state index is 12.4. The van der Waals surface area contributed by atoms with Gasteiger partial charge < -0.3 is 25.8 Å². The molecule has 0 fully saturated rings. The van der Waals surface area contributed by atoms with Crippen LogP contribution in [0.15, 0.2) is 53.3 Å². The molecule has 1 aliphatic heterocycles. The summed E-state index contributed by atoms with van der Waals surface area (Å²) in [5.41, 5.74) is 6.89. The van der Waals surface area contributed by atoms with Crippen molar-refractivity contribution in [3.05, 3.63) is 81.1 Å². The molecule has 0 saturated carbocycles. The van der Waals surface area contributed by atoms with Crippen LogP contribution in [0.5, 0.6) is 0 Å². The second kappa shape index (κ2) is 8.37. The molecular weight excluding hydrogens is 434 g/mol. The first-order chi connectivity index (χ1) is 16.0. The lowest BCUT2D eigenvalue weighted by molar-refractivity contribution is 0.0695. The normalized spacial score (nSPS) is 16.7. The smallest absolute Gasteiger partial charge is 0.342 e. The number of carboxylic acid groups (broad SMARTS) is 2. The molecule has 0 spiro atoms. The molecule has 0 radical (unpaired) electrons. The third-order valence-electron chi connectivity index (χ3n) is 6.53. The monoisotopic (exact) mass is 461 g/mol. The number of aromatic carboxylic acids is 2. The van der Waals surface area contributed by atoms with E-state index in [0.717, 1.165) is 23.2 Å². The van der Waals surface area contributed by atoms with Crippen molar-refractivity contribution in [1.29, 1.82) is 0 Å². The predicted molar refractivity (Wildman–Crippen MR) is 131 cm³/mol. The highest BCUT2D eigenvalue weighted by Gasteiger charge is 2.37. The van der Waals surface area contributed by atoms with E-state index in [1.807, 2.05) is 24.3 Å². The van der Waals surface area contributed by atoms with Gasteiger partial charge in [0.2, 0.25) is 0 Å². The van der Waals surface area contributed by atoms with Crippen molar-refractivity contribution in [2.45, 2.75) is 45.2 Å². The van der Waals surface area contributed by atoms with Crippen LogP contribution in [0.25, 0.3) is 11.1 Å². The highest BCUT2D eigenvalue weighted by Crippen LogP contribution is 2.46. The van der Waals surface area contributed by atoms with E-state index in [1.165, 1.54) is 0 Å². The van der Waals surface area contributed by atoms with Gasteiger partial charge >= 0.3 is 11.9 Å². The molecule has 8 nitrogen and oxygen atoms in total. The van der Waals surface area contributed by atoms with E-state index >= 15 is 0 Å². The molecule has 3 aromatic rings. The number of rotatable bonds is 5. The van der Waals surface area contributed by atoms with Crippen molar-refractivity contribution in [3.63, 3.8) is 0 Å². The molecule has 5 N–H and O–H groups in total. The first kappa shape index (κ1) is 23.1. The van der Waals surface area contributed by atoms with E-state index in [4.69, 9.17) is 5.73 Å². The number of carboxylic acids is 2. The molecular formula is C26H27N3O5. The minimum Gasteiger partial charge on any atom is -0.478 e. The molecule has 0 aliphatic carbocycles. The van der Waals surface area contributed by atoms with Crippen LogP contribution in [-0.4, -0.2) is 32.7 Å². The molecule has 1 unspecified atom stereocenters. The Morgan fingerprint density at radius 1 is 1.09 bits per heavy atom. The Hall–Kier alpha value is -4.07. The summed E-state index contributed by atoms with van der Waals surface area (Å²) in [6, 6.07) is 15.4. The van der Waals surface area contributed by atoms with Gasteiger partial charge in [0.25, 0.3) is 5.56 Å². The summed E-state index contributed by atoms with van der Waals surface area (Å²) in [6.07, 6.45) is 0.839. The third-order valence-corrected chi connectivity index (χ3v) is 6.53. The number of nitrogens with zero attached hydrogens (tertiary/aromatic N) is 1. The number of nitrogens with two attached hydrogens (primary N) is 1. The minimum atomic E-state index is -1.52. The van der Waals surface area contributed by atoms with Gasteiger partial charge in [0.15, 0.2) is 0 Å². The Bertz CT molecular complexity index is 1340. The molecule has 1 atom stereocenters. The first-order valence-electron chi connectivity index (χ1n) is 11.0. The summed E-state index contributed by atoms with van der Waals surface area (Å²) in [4.78, 5) is 40.8. The van der Waals surface area contributed by atoms with Gasteiger partial charge in [0.05, 0.1) is 0 Å². The van der Waals surface area contributed by atoms with Gasteiger partial charge in [0.1, 0.15) is 16.9 Å². The van der Waals surface area contributed by atoms with Crippen LogP contribution in [0.2, 0.25) is 0 Å². The molecule has 8 heteroatoms. The fourth-order valence-electron chi connectivity index (χ4n) is 5.05. The molecule has 0 amide bonds. The summed E-state index contributed by atoms with van der Waals surface area (Å²) >= 11 is 0. The summed E-state index contributed by atoms with van der Waals surface area (Å²) in [7, 11) is 0. The average Bonchev–Trinajstić information content (AvgIpc) is 2.75. The first-order valence-corrected chi connectivity index (χ1v) is 11.0. The number of pyridine rings is 1. The van der Waals surface area contributed by atoms with Crippen molar-refractivity contribution in [3.8, 4) is 11.1 Å². The number of fused-ring (bicyclic) bond motifs is 1. The van der Waals surface area contributed by atoms with E-state index in [-0.39, 0.29) is 22.8 Å². The van der Waals surface area contributed by atoms with Crippen molar-refractivity contribution in [1.82, 2.24) is 4.98 Å². The van der Waals surface area contributed by atoms with Crippen LogP contribution in [0.1, 0.15) is 65.0 Å². The number of hydrogen-bond donors (Lipinski definition) is 4. The zero-order chi connectivity index (χ0) is 24.8. The second-order valence-corrected chi connectivity index (χ2v) is 9.37. The number of carbonyl (C=O) groups is 2. The van der Waals surface area contributed by atoms with Gasteiger partial charge in [-0.25, -0.2) is 9.59 Å². The lowest BCUT2D eigenvalue weighted by Crippen LogP contribution is -2.47. The standard InChI is InChI=1S/C26H27N3O5/c1-14-12-26(2,3)29(13-15-7-5-4-6-8-15)18-10-9-16(11-17(14)18)19-20(24(31)32)22(27)28-23(30)21(19)25(33)34/h4-11,14H,12-13H2,1-3H3,(H,31,32)(H,33,34)(H3,27,28,30). The van der Waals surface area contributed by atoms with Crippen LogP contribution in [0.3, 0.4) is 0 Å². The van der Waals surface area contributed by atoms with Crippen molar-refractivity contribution in [2.24, 2.45) is 0 Å². The Kier molecular flexibility index (Phi) is 5.69. The number of benzene rings is 2. The predicted octanol–water partition coefficient (Wildman–Crippen LogP) is 4.31. The van der Waals surface area contributed by atoms with E-state index in [9.17, 15) is 24.6 Å². The van der Waals surface area contributed by atoms with Crippen LogP contribution >= 0.6 is 0 Å². The Balaban J connectivity index is 1.93. The van der Waals surface area contributed by atoms with Gasteiger partial charge in [-0.15, -0.1) is 0 Å². The summed E-state index contributed by atoms with van der Waals surface area (Å²) < 4.78 is 0. The molecule has 0 bridgehead atoms. The average molecular weight is 462 g/mol. The van der Waals surface area contributed by atoms with Gasteiger partial charge in [-0.2, -0.15) is 0 Å². The number of H-pyrrole nitrogens is 1. The fourth-order valence-corrected chi connectivity index (χ4v) is 5.05. The maximum Gasteiger partial charge on any atom is 0.342 e. The zero-order valence-corrected chi connectivity index (χ0v) is 19.3. The van der Waals surface area contributed by atoms with Crippen molar-refractivity contribution >= 4 is 23.4 Å². The lowest BCUT2D eigenvalue weighted by Gasteiger charge is -2.48. The topological polar surface area (TPSA) is 137 Å². The summed E-state index contributed by atoms with van der Waals surface area (Å²) in [5.74, 6) is -3.19. The molecule has 176 valence electrons. The van der Waals surface area contributed by atoms with Crippen molar-refractivity contribution < 1.29 is 19.8 Å². The molecule has 1 aromatic heterocycles. The van der Waals surface area contributed by atoms with Gasteiger partial charge in [-0.3, -0.25) is 4.79 Å². The third kappa shape index (κ3) is 3.91. The SMILES string of the molecule is CC1CC(C)(C)N(Cc2ccccc2)c2ccc(-c3c(C(=O)O)c(N)[nH]c(=O)c3C(=O)O)cc21. The van der Waals surface area contributed by atoms with Gasteiger partial charge in [-0.1, -0.05) is 43.3 Å². The minimum absolute atomic E-state index is 0.123. The molecule has 1 aliphatic rings. The van der Waals surface area contributed by atoms with E-state index in [2.05, 4.69) is 42.8 Å². The zero-order valence-electron chi connectivity index (χ0n) is 19.3. The molecule has 4 rings (SSSR count). The number of aromatic nitrogens is 1. The summed E-state index contributed by atoms with van der Waals surface area (Å²) in [6.45, 7) is 7.15. The van der Waals surface area contributed by atoms with E-state index in [1.54, 1.807) is 12.1 Å². The largest absolute Gasteiger partial charge is 0.478 e. The number of nitrogen functional groups attached to an aromatic ring is 1. The number of hydrogen-bond acceptors (Lipinski definition) is 5. The fraction of sp³-hybridized carbons (Fsp3) is 0.269. The van der Waals surface area contributed by atoms with E-state index in [0.29, 0.717) is 12.1 Å². The highest BCUT2D eigenvalue weighted by atomic mass is 16.4. The van der Waals surface area contributed by atoms with Crippen LogP contribution in [-0.2, 0) is 6.54 Å². The lowest BCUT2D eigenvalue weighted by atomic mass is 9.78. The number of aromatic amines is 1.